The molecule has 98 valence electrons. The Labute approximate surface area is 101 Å². The summed E-state index contributed by atoms with van der Waals surface area (Å²) < 4.78 is 9.81. The second kappa shape index (κ2) is 7.81. The molecule has 0 spiro atoms. The van der Waals surface area contributed by atoms with Crippen molar-refractivity contribution in [1.82, 2.24) is 0 Å². The fourth-order valence-electron chi connectivity index (χ4n) is 1.60. The fraction of sp³-hybridized carbons (Fsp3) is 0.750. The van der Waals surface area contributed by atoms with Crippen molar-refractivity contribution in [2.45, 2.75) is 40.0 Å². The summed E-state index contributed by atoms with van der Waals surface area (Å²) in [5, 5.41) is 0. The van der Waals surface area contributed by atoms with E-state index >= 15 is 0 Å². The van der Waals surface area contributed by atoms with E-state index in [0.29, 0.717) is 6.29 Å². The maximum absolute atomic E-state index is 11.9. The van der Waals surface area contributed by atoms with Gasteiger partial charge in [-0.15, -0.1) is 0 Å². The number of hydrogen-bond donors (Lipinski definition) is 0. The van der Waals surface area contributed by atoms with Gasteiger partial charge in [-0.25, -0.2) is 0 Å². The van der Waals surface area contributed by atoms with E-state index in [9.17, 15) is 14.4 Å². The Morgan fingerprint density at radius 1 is 1.06 bits per heavy atom. The van der Waals surface area contributed by atoms with Gasteiger partial charge in [0.1, 0.15) is 6.29 Å². The zero-order valence-corrected chi connectivity index (χ0v) is 10.7. The SMILES string of the molecule is CCOC(=O)C(CC)(CCC=O)C(=O)OCC. The molecule has 0 heterocycles. The van der Waals surface area contributed by atoms with E-state index in [-0.39, 0.29) is 32.5 Å². The Morgan fingerprint density at radius 2 is 1.53 bits per heavy atom. The second-order valence-corrected chi connectivity index (χ2v) is 3.58. The van der Waals surface area contributed by atoms with Crippen molar-refractivity contribution in [3.63, 3.8) is 0 Å². The van der Waals surface area contributed by atoms with Crippen LogP contribution in [0, 0.1) is 5.41 Å². The van der Waals surface area contributed by atoms with Gasteiger partial charge in [-0.1, -0.05) is 6.92 Å². The molecule has 17 heavy (non-hydrogen) atoms. The number of ether oxygens (including phenoxy) is 2. The Kier molecular flexibility index (Phi) is 7.18. The van der Waals surface area contributed by atoms with Crippen LogP contribution in [0.2, 0.25) is 0 Å². The molecular weight excluding hydrogens is 224 g/mol. The molecule has 0 aromatic rings. The second-order valence-electron chi connectivity index (χ2n) is 3.58. The van der Waals surface area contributed by atoms with Crippen LogP contribution < -0.4 is 0 Å². The van der Waals surface area contributed by atoms with E-state index < -0.39 is 17.4 Å². The lowest BCUT2D eigenvalue weighted by Crippen LogP contribution is -2.41. The minimum absolute atomic E-state index is 0.130. The molecule has 5 heteroatoms. The van der Waals surface area contributed by atoms with Crippen LogP contribution in [0.15, 0.2) is 0 Å². The first-order chi connectivity index (χ1) is 8.08. The van der Waals surface area contributed by atoms with Crippen molar-refractivity contribution in [2.75, 3.05) is 13.2 Å². The van der Waals surface area contributed by atoms with Gasteiger partial charge in [0.05, 0.1) is 13.2 Å². The van der Waals surface area contributed by atoms with E-state index in [1.165, 1.54) is 0 Å². The molecular formula is C12H20O5. The number of rotatable bonds is 8. The van der Waals surface area contributed by atoms with E-state index in [2.05, 4.69) is 0 Å². The van der Waals surface area contributed by atoms with Crippen LogP contribution in [0.1, 0.15) is 40.0 Å². The van der Waals surface area contributed by atoms with E-state index in [1.807, 2.05) is 0 Å². The Bertz CT molecular complexity index is 254. The van der Waals surface area contributed by atoms with Crippen LogP contribution in [-0.4, -0.2) is 31.4 Å². The fourth-order valence-corrected chi connectivity index (χ4v) is 1.60. The zero-order chi connectivity index (χ0) is 13.3. The number of aldehydes is 1. The van der Waals surface area contributed by atoms with E-state index in [4.69, 9.17) is 9.47 Å². The topological polar surface area (TPSA) is 69.7 Å². The molecule has 0 radical (unpaired) electrons. The zero-order valence-electron chi connectivity index (χ0n) is 10.7. The van der Waals surface area contributed by atoms with Gasteiger partial charge in [0.25, 0.3) is 0 Å². The highest BCUT2D eigenvalue weighted by Crippen LogP contribution is 2.31. The van der Waals surface area contributed by atoms with Gasteiger partial charge in [-0.3, -0.25) is 9.59 Å². The monoisotopic (exact) mass is 244 g/mol. The van der Waals surface area contributed by atoms with Crippen molar-refractivity contribution >= 4 is 18.2 Å². The van der Waals surface area contributed by atoms with Crippen molar-refractivity contribution in [3.8, 4) is 0 Å². The summed E-state index contributed by atoms with van der Waals surface area (Å²) in [4.78, 5) is 34.2. The smallest absolute Gasteiger partial charge is 0.323 e. The minimum atomic E-state index is -1.34. The summed E-state index contributed by atoms with van der Waals surface area (Å²) in [7, 11) is 0. The molecule has 0 aliphatic carbocycles. The first kappa shape index (κ1) is 15.6. The molecule has 5 nitrogen and oxygen atoms in total. The average molecular weight is 244 g/mol. The molecule has 0 amide bonds. The van der Waals surface area contributed by atoms with Crippen LogP contribution in [0.3, 0.4) is 0 Å². The third kappa shape index (κ3) is 3.84. The number of carbonyl (C=O) groups is 3. The lowest BCUT2D eigenvalue weighted by Gasteiger charge is -2.27. The van der Waals surface area contributed by atoms with Gasteiger partial charge in [-0.2, -0.15) is 0 Å². The van der Waals surface area contributed by atoms with E-state index in [1.54, 1.807) is 20.8 Å². The standard InChI is InChI=1S/C12H20O5/c1-4-12(8-7-9-13,10(14)16-5-2)11(15)17-6-3/h9H,4-8H2,1-3H3. The summed E-state index contributed by atoms with van der Waals surface area (Å²) in [5.74, 6) is -1.22. The molecule has 0 saturated carbocycles. The van der Waals surface area contributed by atoms with E-state index in [0.717, 1.165) is 0 Å². The van der Waals surface area contributed by atoms with Gasteiger partial charge < -0.3 is 14.3 Å². The Morgan fingerprint density at radius 3 is 1.82 bits per heavy atom. The predicted octanol–water partition coefficient (Wildman–Crippen LogP) is 1.49. The molecule has 0 saturated heterocycles. The first-order valence-corrected chi connectivity index (χ1v) is 5.87. The summed E-state index contributed by atoms with van der Waals surface area (Å²) in [6, 6.07) is 0. The summed E-state index contributed by atoms with van der Waals surface area (Å²) in [6.07, 6.45) is 1.21. The summed E-state index contributed by atoms with van der Waals surface area (Å²) >= 11 is 0. The average Bonchev–Trinajstić information content (AvgIpc) is 2.31. The summed E-state index contributed by atoms with van der Waals surface area (Å²) in [6.45, 7) is 5.44. The first-order valence-electron chi connectivity index (χ1n) is 5.87. The summed E-state index contributed by atoms with van der Waals surface area (Å²) in [5.41, 5.74) is -1.34. The Hall–Kier alpha value is -1.39. The largest absolute Gasteiger partial charge is 0.465 e. The molecule has 0 aliphatic rings. The van der Waals surface area contributed by atoms with Gasteiger partial charge in [0, 0.05) is 6.42 Å². The van der Waals surface area contributed by atoms with Crippen molar-refractivity contribution in [3.05, 3.63) is 0 Å². The van der Waals surface area contributed by atoms with Crippen molar-refractivity contribution < 1.29 is 23.9 Å². The maximum Gasteiger partial charge on any atom is 0.323 e. The molecule has 0 aliphatic heterocycles. The van der Waals surface area contributed by atoms with Crippen LogP contribution >= 0.6 is 0 Å². The number of hydrogen-bond acceptors (Lipinski definition) is 5. The van der Waals surface area contributed by atoms with Crippen LogP contribution in [-0.2, 0) is 23.9 Å². The van der Waals surface area contributed by atoms with Gasteiger partial charge >= 0.3 is 11.9 Å². The molecule has 0 aromatic heterocycles. The number of esters is 2. The third-order valence-electron chi connectivity index (χ3n) is 2.62. The highest BCUT2D eigenvalue weighted by Gasteiger charge is 2.46. The highest BCUT2D eigenvalue weighted by molar-refractivity contribution is 6.00. The number of carbonyl (C=O) groups excluding carboxylic acids is 3. The molecule has 0 atom stereocenters. The lowest BCUT2D eigenvalue weighted by molar-refractivity contribution is -0.173. The molecule has 0 unspecified atom stereocenters. The predicted molar refractivity (Wildman–Crippen MR) is 61.3 cm³/mol. The highest BCUT2D eigenvalue weighted by atomic mass is 16.6. The lowest BCUT2D eigenvalue weighted by atomic mass is 9.80. The van der Waals surface area contributed by atoms with Crippen molar-refractivity contribution in [1.29, 1.82) is 0 Å². The maximum atomic E-state index is 11.9. The molecule has 0 fully saturated rings. The molecule has 0 rings (SSSR count). The molecule has 0 bridgehead atoms. The van der Waals surface area contributed by atoms with Crippen molar-refractivity contribution in [2.24, 2.45) is 5.41 Å². The van der Waals surface area contributed by atoms with Crippen LogP contribution in [0.5, 0.6) is 0 Å². The molecule has 0 aromatic carbocycles. The van der Waals surface area contributed by atoms with Gasteiger partial charge in [-0.05, 0) is 26.7 Å². The van der Waals surface area contributed by atoms with Gasteiger partial charge in [0.15, 0.2) is 5.41 Å². The van der Waals surface area contributed by atoms with Crippen LogP contribution in [0.4, 0.5) is 0 Å². The Balaban J connectivity index is 5.04. The quantitative estimate of drug-likeness (QED) is 0.367. The van der Waals surface area contributed by atoms with Crippen LogP contribution in [0.25, 0.3) is 0 Å². The third-order valence-corrected chi connectivity index (χ3v) is 2.62. The van der Waals surface area contributed by atoms with Gasteiger partial charge in [0.2, 0.25) is 0 Å². The minimum Gasteiger partial charge on any atom is -0.465 e. The molecule has 0 N–H and O–H groups in total. The normalized spacial score (nSPS) is 10.8.